The molecule has 0 spiro atoms. The van der Waals surface area contributed by atoms with Crippen molar-refractivity contribution in [2.45, 2.75) is 26.3 Å². The van der Waals surface area contributed by atoms with Crippen LogP contribution < -0.4 is 5.32 Å². The van der Waals surface area contributed by atoms with Gasteiger partial charge in [-0.2, -0.15) is 0 Å². The Balaban J connectivity index is 2.97. The summed E-state index contributed by atoms with van der Waals surface area (Å²) >= 11 is 12.1. The Bertz CT molecular complexity index is 299. The SMILES string of the molecule is CCN[C@H](CC)c1cccc(Cl)c1Cl. The minimum absolute atomic E-state index is 0.297. The molecule has 78 valence electrons. The first-order valence-electron chi connectivity index (χ1n) is 4.88. The van der Waals surface area contributed by atoms with Crippen molar-refractivity contribution in [3.63, 3.8) is 0 Å². The fourth-order valence-corrected chi connectivity index (χ4v) is 1.95. The van der Waals surface area contributed by atoms with Crippen LogP contribution in [0.2, 0.25) is 10.0 Å². The minimum Gasteiger partial charge on any atom is -0.310 e. The lowest BCUT2D eigenvalue weighted by Gasteiger charge is -2.18. The highest BCUT2D eigenvalue weighted by molar-refractivity contribution is 6.42. The summed E-state index contributed by atoms with van der Waals surface area (Å²) in [5.74, 6) is 0. The molecule has 0 aliphatic heterocycles. The molecular formula is C11H15Cl2N. The van der Waals surface area contributed by atoms with Gasteiger partial charge in [-0.3, -0.25) is 0 Å². The third kappa shape index (κ3) is 2.63. The van der Waals surface area contributed by atoms with E-state index in [4.69, 9.17) is 23.2 Å². The first-order chi connectivity index (χ1) is 6.70. The van der Waals surface area contributed by atoms with Gasteiger partial charge in [0, 0.05) is 6.04 Å². The molecule has 1 N–H and O–H groups in total. The van der Waals surface area contributed by atoms with Crippen LogP contribution in [0.5, 0.6) is 0 Å². The molecule has 1 rings (SSSR count). The summed E-state index contributed by atoms with van der Waals surface area (Å²) in [6, 6.07) is 6.06. The van der Waals surface area contributed by atoms with E-state index < -0.39 is 0 Å². The van der Waals surface area contributed by atoms with E-state index in [0.29, 0.717) is 16.1 Å². The molecule has 0 radical (unpaired) electrons. The molecule has 0 heterocycles. The Morgan fingerprint density at radius 2 is 2.00 bits per heavy atom. The molecule has 0 amide bonds. The van der Waals surface area contributed by atoms with Crippen molar-refractivity contribution in [1.29, 1.82) is 0 Å². The number of halogens is 2. The third-order valence-electron chi connectivity index (χ3n) is 2.22. The molecule has 0 bridgehead atoms. The molecule has 0 unspecified atom stereocenters. The molecule has 0 aliphatic carbocycles. The highest BCUT2D eigenvalue weighted by Gasteiger charge is 2.12. The van der Waals surface area contributed by atoms with Gasteiger partial charge in [-0.25, -0.2) is 0 Å². The van der Waals surface area contributed by atoms with Crippen LogP contribution in [0.15, 0.2) is 18.2 Å². The topological polar surface area (TPSA) is 12.0 Å². The summed E-state index contributed by atoms with van der Waals surface area (Å²) in [7, 11) is 0. The van der Waals surface area contributed by atoms with Crippen LogP contribution >= 0.6 is 23.2 Å². The van der Waals surface area contributed by atoms with Crippen LogP contribution in [-0.4, -0.2) is 6.54 Å². The molecule has 1 aromatic carbocycles. The first-order valence-corrected chi connectivity index (χ1v) is 5.63. The standard InChI is InChI=1S/C11H15Cl2N/c1-3-10(14-4-2)8-6-5-7-9(12)11(8)13/h5-7,10,14H,3-4H2,1-2H3/t10-/m1/s1. The number of hydrogen-bond acceptors (Lipinski definition) is 1. The quantitative estimate of drug-likeness (QED) is 0.825. The lowest BCUT2D eigenvalue weighted by molar-refractivity contribution is 0.537. The normalized spacial score (nSPS) is 12.9. The fraction of sp³-hybridized carbons (Fsp3) is 0.455. The van der Waals surface area contributed by atoms with Gasteiger partial charge in [0.25, 0.3) is 0 Å². The zero-order valence-electron chi connectivity index (χ0n) is 8.48. The lowest BCUT2D eigenvalue weighted by atomic mass is 10.0. The van der Waals surface area contributed by atoms with Crippen LogP contribution in [0, 0.1) is 0 Å². The van der Waals surface area contributed by atoms with Crippen molar-refractivity contribution >= 4 is 23.2 Å². The predicted molar refractivity (Wildman–Crippen MR) is 63.2 cm³/mol. The molecular weight excluding hydrogens is 217 g/mol. The predicted octanol–water partition coefficient (Wildman–Crippen LogP) is 4.05. The van der Waals surface area contributed by atoms with Crippen molar-refractivity contribution in [2.75, 3.05) is 6.54 Å². The van der Waals surface area contributed by atoms with E-state index in [2.05, 4.69) is 19.2 Å². The van der Waals surface area contributed by atoms with E-state index in [9.17, 15) is 0 Å². The molecule has 14 heavy (non-hydrogen) atoms. The summed E-state index contributed by atoms with van der Waals surface area (Å²) in [4.78, 5) is 0. The van der Waals surface area contributed by atoms with Gasteiger partial charge in [0.05, 0.1) is 10.0 Å². The van der Waals surface area contributed by atoms with E-state index in [1.807, 2.05) is 18.2 Å². The van der Waals surface area contributed by atoms with Crippen molar-refractivity contribution in [1.82, 2.24) is 5.32 Å². The molecule has 0 aliphatic rings. The smallest absolute Gasteiger partial charge is 0.0640 e. The van der Waals surface area contributed by atoms with Gasteiger partial charge in [0.1, 0.15) is 0 Å². The summed E-state index contributed by atoms with van der Waals surface area (Å²) in [5, 5.41) is 4.67. The van der Waals surface area contributed by atoms with Crippen molar-refractivity contribution in [2.24, 2.45) is 0 Å². The van der Waals surface area contributed by atoms with Crippen LogP contribution in [0.25, 0.3) is 0 Å². The van der Waals surface area contributed by atoms with E-state index in [-0.39, 0.29) is 0 Å². The maximum Gasteiger partial charge on any atom is 0.0640 e. The van der Waals surface area contributed by atoms with Gasteiger partial charge in [-0.1, -0.05) is 49.2 Å². The van der Waals surface area contributed by atoms with Gasteiger partial charge in [-0.15, -0.1) is 0 Å². The third-order valence-corrected chi connectivity index (χ3v) is 3.05. The highest BCUT2D eigenvalue weighted by Crippen LogP contribution is 2.30. The Morgan fingerprint density at radius 1 is 1.29 bits per heavy atom. The maximum absolute atomic E-state index is 6.13. The molecule has 1 nitrogen and oxygen atoms in total. The second-order valence-corrected chi connectivity index (χ2v) is 3.95. The van der Waals surface area contributed by atoms with Gasteiger partial charge in [0.15, 0.2) is 0 Å². The molecule has 0 fully saturated rings. The molecule has 0 saturated carbocycles. The van der Waals surface area contributed by atoms with Gasteiger partial charge in [0.2, 0.25) is 0 Å². The van der Waals surface area contributed by atoms with Crippen LogP contribution in [-0.2, 0) is 0 Å². The zero-order chi connectivity index (χ0) is 10.6. The highest BCUT2D eigenvalue weighted by atomic mass is 35.5. The molecule has 1 atom stereocenters. The Morgan fingerprint density at radius 3 is 2.57 bits per heavy atom. The molecule has 1 aromatic rings. The molecule has 3 heteroatoms. The van der Waals surface area contributed by atoms with Crippen molar-refractivity contribution in [3.8, 4) is 0 Å². The Kier molecular flexibility index (Phi) is 4.73. The number of nitrogens with one attached hydrogen (secondary N) is 1. The monoisotopic (exact) mass is 231 g/mol. The number of rotatable bonds is 4. The van der Waals surface area contributed by atoms with Crippen LogP contribution in [0.4, 0.5) is 0 Å². The van der Waals surface area contributed by atoms with Gasteiger partial charge >= 0.3 is 0 Å². The van der Waals surface area contributed by atoms with Crippen LogP contribution in [0.3, 0.4) is 0 Å². The lowest BCUT2D eigenvalue weighted by Crippen LogP contribution is -2.20. The summed E-state index contributed by atoms with van der Waals surface area (Å²) in [6.45, 7) is 5.15. The van der Waals surface area contributed by atoms with Crippen molar-refractivity contribution in [3.05, 3.63) is 33.8 Å². The number of benzene rings is 1. The van der Waals surface area contributed by atoms with Gasteiger partial charge in [-0.05, 0) is 24.6 Å². The first kappa shape index (κ1) is 11.8. The maximum atomic E-state index is 6.13. The molecule has 0 saturated heterocycles. The number of hydrogen-bond donors (Lipinski definition) is 1. The summed E-state index contributed by atoms with van der Waals surface area (Å²) in [6.07, 6.45) is 1.01. The van der Waals surface area contributed by atoms with E-state index >= 15 is 0 Å². The minimum atomic E-state index is 0.297. The fourth-order valence-electron chi connectivity index (χ4n) is 1.51. The van der Waals surface area contributed by atoms with Crippen molar-refractivity contribution < 1.29 is 0 Å². The largest absolute Gasteiger partial charge is 0.310 e. The van der Waals surface area contributed by atoms with E-state index in [0.717, 1.165) is 18.5 Å². The summed E-state index contributed by atoms with van der Waals surface area (Å²) < 4.78 is 0. The second kappa shape index (κ2) is 5.59. The second-order valence-electron chi connectivity index (χ2n) is 3.16. The Hall–Kier alpha value is -0.240. The Labute approximate surface area is 95.4 Å². The van der Waals surface area contributed by atoms with Crippen LogP contribution in [0.1, 0.15) is 31.9 Å². The van der Waals surface area contributed by atoms with E-state index in [1.54, 1.807) is 0 Å². The average Bonchev–Trinajstić information content (AvgIpc) is 2.19. The van der Waals surface area contributed by atoms with Gasteiger partial charge < -0.3 is 5.32 Å². The zero-order valence-corrected chi connectivity index (χ0v) is 9.99. The average molecular weight is 232 g/mol. The van der Waals surface area contributed by atoms with E-state index in [1.165, 1.54) is 0 Å². The summed E-state index contributed by atoms with van der Waals surface area (Å²) in [5.41, 5.74) is 1.09. The molecule has 0 aromatic heterocycles.